The largest absolute Gasteiger partial charge is 0.573 e. The summed E-state index contributed by atoms with van der Waals surface area (Å²) in [6, 6.07) is 8.54. The van der Waals surface area contributed by atoms with Crippen molar-refractivity contribution in [2.24, 2.45) is 0 Å². The quantitative estimate of drug-likeness (QED) is 0.441. The summed E-state index contributed by atoms with van der Waals surface area (Å²) in [6.07, 6.45) is -10.5. The van der Waals surface area contributed by atoms with Gasteiger partial charge in [-0.1, -0.05) is 12.1 Å². The minimum atomic E-state index is -4.87. The van der Waals surface area contributed by atoms with Crippen molar-refractivity contribution in [1.29, 1.82) is 0 Å². The number of hydrogen-bond donors (Lipinski definition) is 2. The molecule has 2 N–H and O–H groups in total. The average Bonchev–Trinajstić information content (AvgIpc) is 2.76. The Kier molecular flexibility index (Phi) is 9.72. The number of carbonyl (C=O) groups excluding carboxylic acids is 2. The van der Waals surface area contributed by atoms with Crippen LogP contribution in [0.25, 0.3) is 0 Å². The third-order valence-electron chi connectivity index (χ3n) is 4.38. The summed E-state index contributed by atoms with van der Waals surface area (Å²) >= 11 is 0. The van der Waals surface area contributed by atoms with Gasteiger partial charge < -0.3 is 20.1 Å². The van der Waals surface area contributed by atoms with E-state index in [0.717, 1.165) is 12.1 Å². The first-order chi connectivity index (χ1) is 16.4. The highest BCUT2D eigenvalue weighted by Crippen LogP contribution is 2.23. The highest BCUT2D eigenvalue weighted by atomic mass is 19.4. The molecule has 2 aromatic carbocycles. The summed E-state index contributed by atoms with van der Waals surface area (Å²) in [5.41, 5.74) is 0.444. The van der Waals surface area contributed by atoms with Crippen molar-refractivity contribution in [3.05, 3.63) is 59.7 Å². The third-order valence-corrected chi connectivity index (χ3v) is 4.38. The van der Waals surface area contributed by atoms with Gasteiger partial charge in [0.05, 0.1) is 13.0 Å². The monoisotopic (exact) mass is 510 g/mol. The van der Waals surface area contributed by atoms with E-state index in [-0.39, 0.29) is 24.3 Å². The predicted octanol–water partition coefficient (Wildman–Crippen LogP) is 4.34. The van der Waals surface area contributed by atoms with Gasteiger partial charge in [-0.25, -0.2) is 4.39 Å². The van der Waals surface area contributed by atoms with Gasteiger partial charge in [-0.3, -0.25) is 9.59 Å². The van der Waals surface area contributed by atoms with E-state index >= 15 is 0 Å². The first-order valence-corrected chi connectivity index (χ1v) is 10.1. The molecular formula is C22H21F7N2O4. The lowest BCUT2D eigenvalue weighted by atomic mass is 10.0. The molecule has 0 aliphatic heterocycles. The molecule has 0 radical (unpaired) electrons. The lowest BCUT2D eigenvalue weighted by molar-refractivity contribution is -0.274. The van der Waals surface area contributed by atoms with Crippen molar-refractivity contribution in [2.75, 3.05) is 19.8 Å². The van der Waals surface area contributed by atoms with E-state index in [0.29, 0.717) is 5.56 Å². The molecule has 0 heterocycles. The van der Waals surface area contributed by atoms with E-state index in [1.807, 2.05) is 0 Å². The summed E-state index contributed by atoms with van der Waals surface area (Å²) in [5, 5.41) is 4.73. The van der Waals surface area contributed by atoms with Crippen molar-refractivity contribution in [3.8, 4) is 11.5 Å². The number of halogens is 7. The fourth-order valence-corrected chi connectivity index (χ4v) is 2.79. The van der Waals surface area contributed by atoms with Gasteiger partial charge in [0.25, 0.3) is 5.91 Å². The first kappa shape index (κ1) is 27.7. The van der Waals surface area contributed by atoms with Crippen LogP contribution in [0.3, 0.4) is 0 Å². The molecule has 192 valence electrons. The smallest absolute Gasteiger partial charge is 0.493 e. The first-order valence-electron chi connectivity index (χ1n) is 10.1. The van der Waals surface area contributed by atoms with Gasteiger partial charge in [0.1, 0.15) is 24.2 Å². The van der Waals surface area contributed by atoms with Crippen LogP contribution in [0.2, 0.25) is 0 Å². The molecule has 35 heavy (non-hydrogen) atoms. The second kappa shape index (κ2) is 12.3. The summed E-state index contributed by atoms with van der Waals surface area (Å²) in [6.45, 7) is -1.77. The fourth-order valence-electron chi connectivity index (χ4n) is 2.79. The highest BCUT2D eigenvalue weighted by molar-refractivity contribution is 5.97. The molecule has 0 bridgehead atoms. The summed E-state index contributed by atoms with van der Waals surface area (Å²) in [4.78, 5) is 25.0. The van der Waals surface area contributed by atoms with Gasteiger partial charge in [-0.15, -0.1) is 13.2 Å². The number of hydrogen-bond acceptors (Lipinski definition) is 4. The number of ether oxygens (including phenoxy) is 2. The lowest BCUT2D eigenvalue weighted by Gasteiger charge is -2.19. The second-order valence-corrected chi connectivity index (χ2v) is 7.14. The number of carbonyl (C=O) groups is 2. The van der Waals surface area contributed by atoms with Crippen LogP contribution < -0.4 is 20.1 Å². The Hall–Kier alpha value is -3.51. The topological polar surface area (TPSA) is 76.7 Å². The standard InChI is InChI=1S/C22H21F7N2O4/c23-10-11-30-20(33)18(13-14-1-5-17(6-2-14)35-22(27,28)29)31-19(32)15-3-7-16(8-4-15)34-12-9-21(24,25)26/h1-8,18H,9-13H2,(H,30,33)(H,31,32)/t18-/m0/s1. The van der Waals surface area contributed by atoms with Crippen molar-refractivity contribution < 1.29 is 49.8 Å². The molecule has 0 saturated heterocycles. The van der Waals surface area contributed by atoms with Crippen molar-refractivity contribution in [3.63, 3.8) is 0 Å². The molecule has 13 heteroatoms. The number of nitrogens with one attached hydrogen (secondary N) is 2. The van der Waals surface area contributed by atoms with Gasteiger partial charge in [0.2, 0.25) is 5.91 Å². The van der Waals surface area contributed by atoms with Gasteiger partial charge in [0, 0.05) is 18.5 Å². The minimum Gasteiger partial charge on any atom is -0.493 e. The molecule has 6 nitrogen and oxygen atoms in total. The molecule has 0 aromatic heterocycles. The molecule has 0 aliphatic rings. The Morgan fingerprint density at radius 1 is 0.886 bits per heavy atom. The fraction of sp³-hybridized carbons (Fsp3) is 0.364. The predicted molar refractivity (Wildman–Crippen MR) is 110 cm³/mol. The zero-order valence-corrected chi connectivity index (χ0v) is 18.0. The zero-order valence-electron chi connectivity index (χ0n) is 18.0. The second-order valence-electron chi connectivity index (χ2n) is 7.14. The van der Waals surface area contributed by atoms with Crippen LogP contribution in [0.15, 0.2) is 48.5 Å². The maximum Gasteiger partial charge on any atom is 0.573 e. The van der Waals surface area contributed by atoms with Crippen LogP contribution in [0, 0.1) is 0 Å². The molecule has 0 unspecified atom stereocenters. The summed E-state index contributed by atoms with van der Waals surface area (Å²) in [5.74, 6) is -1.81. The molecule has 1 atom stereocenters. The van der Waals surface area contributed by atoms with Gasteiger partial charge >= 0.3 is 12.5 Å². The Bertz CT molecular complexity index is 962. The van der Waals surface area contributed by atoms with E-state index < -0.39 is 55.8 Å². The number of benzene rings is 2. The van der Waals surface area contributed by atoms with E-state index in [1.165, 1.54) is 36.4 Å². The summed E-state index contributed by atoms with van der Waals surface area (Å²) < 4.78 is 94.7. The van der Waals surface area contributed by atoms with Gasteiger partial charge in [-0.2, -0.15) is 13.2 Å². The zero-order chi connectivity index (χ0) is 26.1. The van der Waals surface area contributed by atoms with Crippen LogP contribution in [0.1, 0.15) is 22.3 Å². The summed E-state index contributed by atoms with van der Waals surface area (Å²) in [7, 11) is 0. The van der Waals surface area contributed by atoms with Crippen LogP contribution >= 0.6 is 0 Å². The van der Waals surface area contributed by atoms with E-state index in [1.54, 1.807) is 0 Å². The lowest BCUT2D eigenvalue weighted by Crippen LogP contribution is -2.48. The maximum absolute atomic E-state index is 12.6. The number of amides is 2. The molecule has 0 spiro atoms. The van der Waals surface area contributed by atoms with Crippen LogP contribution in [0.5, 0.6) is 11.5 Å². The molecule has 2 aromatic rings. The van der Waals surface area contributed by atoms with Crippen LogP contribution in [-0.4, -0.2) is 50.2 Å². The highest BCUT2D eigenvalue weighted by Gasteiger charge is 2.31. The van der Waals surface area contributed by atoms with Crippen molar-refractivity contribution >= 4 is 11.8 Å². The molecule has 0 aliphatic carbocycles. The van der Waals surface area contributed by atoms with E-state index in [9.17, 15) is 40.3 Å². The average molecular weight is 510 g/mol. The molecule has 2 rings (SSSR count). The Morgan fingerprint density at radius 2 is 1.49 bits per heavy atom. The Labute approximate surface area is 195 Å². The van der Waals surface area contributed by atoms with Crippen molar-refractivity contribution in [2.45, 2.75) is 31.4 Å². The molecule has 0 saturated carbocycles. The Morgan fingerprint density at radius 3 is 2.03 bits per heavy atom. The molecule has 2 amide bonds. The molecule has 0 fully saturated rings. The maximum atomic E-state index is 12.6. The normalized spacial score (nSPS) is 12.5. The SMILES string of the molecule is O=C(N[C@@H](Cc1ccc(OC(F)(F)F)cc1)C(=O)NCCF)c1ccc(OCCC(F)(F)F)cc1. The molecular weight excluding hydrogens is 489 g/mol. The van der Waals surface area contributed by atoms with Crippen molar-refractivity contribution in [1.82, 2.24) is 10.6 Å². The van der Waals surface area contributed by atoms with Gasteiger partial charge in [-0.05, 0) is 42.0 Å². The van der Waals surface area contributed by atoms with Crippen LogP contribution in [-0.2, 0) is 11.2 Å². The van der Waals surface area contributed by atoms with Gasteiger partial charge in [0.15, 0.2) is 0 Å². The number of rotatable bonds is 11. The minimum absolute atomic E-state index is 0.0605. The van der Waals surface area contributed by atoms with E-state index in [4.69, 9.17) is 4.74 Å². The van der Waals surface area contributed by atoms with E-state index in [2.05, 4.69) is 15.4 Å². The number of alkyl halides is 7. The van der Waals surface area contributed by atoms with Crippen LogP contribution in [0.4, 0.5) is 30.7 Å². The third kappa shape index (κ3) is 10.5. The Balaban J connectivity index is 2.05.